The van der Waals surface area contributed by atoms with E-state index in [2.05, 4.69) is 0 Å². The average molecular weight is 233 g/mol. The monoisotopic (exact) mass is 233 g/mol. The Morgan fingerprint density at radius 2 is 1.94 bits per heavy atom. The van der Waals surface area contributed by atoms with E-state index in [9.17, 15) is 13.2 Å². The molecule has 0 fully saturated rings. The van der Waals surface area contributed by atoms with E-state index in [1.165, 1.54) is 0 Å². The third kappa shape index (κ3) is 3.41. The molecule has 1 aromatic rings. The van der Waals surface area contributed by atoms with Gasteiger partial charge in [-0.1, -0.05) is 18.2 Å². The highest BCUT2D eigenvalue weighted by Crippen LogP contribution is 2.25. The Labute approximate surface area is 92.2 Å². The molecule has 0 aliphatic carbocycles. The quantitative estimate of drug-likeness (QED) is 0.867. The van der Waals surface area contributed by atoms with Crippen LogP contribution in [0.15, 0.2) is 24.3 Å². The SMILES string of the molecule is CCOc1ccccc1CC(N)C(F)(F)F. The van der Waals surface area contributed by atoms with Crippen LogP contribution in [0.1, 0.15) is 12.5 Å². The summed E-state index contributed by atoms with van der Waals surface area (Å²) in [6, 6.07) is 4.77. The predicted molar refractivity (Wildman–Crippen MR) is 55.3 cm³/mol. The topological polar surface area (TPSA) is 35.2 Å². The molecule has 1 rings (SSSR count). The van der Waals surface area contributed by atoms with Crippen LogP contribution in [-0.2, 0) is 6.42 Å². The summed E-state index contributed by atoms with van der Waals surface area (Å²) in [6.45, 7) is 2.19. The zero-order valence-electron chi connectivity index (χ0n) is 8.92. The van der Waals surface area contributed by atoms with Crippen molar-refractivity contribution in [2.75, 3.05) is 6.61 Å². The van der Waals surface area contributed by atoms with Gasteiger partial charge in [0.25, 0.3) is 0 Å². The van der Waals surface area contributed by atoms with Crippen LogP contribution in [0.25, 0.3) is 0 Å². The fraction of sp³-hybridized carbons (Fsp3) is 0.455. The molecule has 0 radical (unpaired) electrons. The van der Waals surface area contributed by atoms with Crippen molar-refractivity contribution in [3.05, 3.63) is 29.8 Å². The highest BCUT2D eigenvalue weighted by atomic mass is 19.4. The zero-order chi connectivity index (χ0) is 12.2. The molecule has 16 heavy (non-hydrogen) atoms. The van der Waals surface area contributed by atoms with Gasteiger partial charge in [0, 0.05) is 0 Å². The molecule has 2 nitrogen and oxygen atoms in total. The lowest BCUT2D eigenvalue weighted by molar-refractivity contribution is -0.147. The third-order valence-electron chi connectivity index (χ3n) is 2.13. The van der Waals surface area contributed by atoms with Gasteiger partial charge < -0.3 is 10.5 Å². The number of nitrogens with two attached hydrogens (primary N) is 1. The van der Waals surface area contributed by atoms with Gasteiger partial charge in [-0.2, -0.15) is 13.2 Å². The van der Waals surface area contributed by atoms with Crippen molar-refractivity contribution in [2.45, 2.75) is 25.6 Å². The molecule has 0 saturated heterocycles. The summed E-state index contributed by atoms with van der Waals surface area (Å²) < 4.78 is 42.1. The van der Waals surface area contributed by atoms with E-state index in [-0.39, 0.29) is 6.42 Å². The zero-order valence-corrected chi connectivity index (χ0v) is 8.92. The van der Waals surface area contributed by atoms with Crippen molar-refractivity contribution in [3.8, 4) is 5.75 Å². The lowest BCUT2D eigenvalue weighted by Gasteiger charge is -2.17. The Bertz CT molecular complexity index is 338. The van der Waals surface area contributed by atoms with Gasteiger partial charge >= 0.3 is 6.18 Å². The number of benzene rings is 1. The lowest BCUT2D eigenvalue weighted by atomic mass is 10.1. The fourth-order valence-corrected chi connectivity index (χ4v) is 1.32. The van der Waals surface area contributed by atoms with E-state index in [4.69, 9.17) is 10.5 Å². The maximum atomic E-state index is 12.3. The maximum Gasteiger partial charge on any atom is 0.403 e. The Morgan fingerprint density at radius 3 is 2.50 bits per heavy atom. The minimum Gasteiger partial charge on any atom is -0.494 e. The summed E-state index contributed by atoms with van der Waals surface area (Å²) in [4.78, 5) is 0. The number of halogens is 3. The number of rotatable bonds is 4. The summed E-state index contributed by atoms with van der Waals surface area (Å²) >= 11 is 0. The Hall–Kier alpha value is -1.23. The Morgan fingerprint density at radius 1 is 1.31 bits per heavy atom. The number of hydrogen-bond donors (Lipinski definition) is 1. The highest BCUT2D eigenvalue weighted by Gasteiger charge is 2.36. The molecule has 0 heterocycles. The van der Waals surface area contributed by atoms with Crippen molar-refractivity contribution in [2.24, 2.45) is 5.73 Å². The molecular weight excluding hydrogens is 219 g/mol. The van der Waals surface area contributed by atoms with Gasteiger partial charge in [0.15, 0.2) is 0 Å². The van der Waals surface area contributed by atoms with E-state index in [1.807, 2.05) is 0 Å². The van der Waals surface area contributed by atoms with E-state index in [0.717, 1.165) is 0 Å². The first-order valence-corrected chi connectivity index (χ1v) is 4.98. The van der Waals surface area contributed by atoms with Crippen molar-refractivity contribution in [1.29, 1.82) is 0 Å². The second-order valence-electron chi connectivity index (χ2n) is 3.39. The first-order valence-electron chi connectivity index (χ1n) is 4.98. The summed E-state index contributed by atoms with van der Waals surface area (Å²) in [5, 5.41) is 0. The van der Waals surface area contributed by atoms with Crippen LogP contribution in [0.3, 0.4) is 0 Å². The lowest BCUT2D eigenvalue weighted by Crippen LogP contribution is -2.39. The second-order valence-corrected chi connectivity index (χ2v) is 3.39. The standard InChI is InChI=1S/C11H14F3NO/c1-2-16-9-6-4-3-5-8(9)7-10(15)11(12,13)14/h3-6,10H,2,7,15H2,1H3. The molecule has 0 saturated carbocycles. The van der Waals surface area contributed by atoms with Gasteiger partial charge in [-0.15, -0.1) is 0 Å². The number of para-hydroxylation sites is 1. The van der Waals surface area contributed by atoms with Crippen LogP contribution < -0.4 is 10.5 Å². The van der Waals surface area contributed by atoms with Crippen molar-refractivity contribution in [1.82, 2.24) is 0 Å². The van der Waals surface area contributed by atoms with E-state index >= 15 is 0 Å². The smallest absolute Gasteiger partial charge is 0.403 e. The van der Waals surface area contributed by atoms with Crippen LogP contribution in [0.2, 0.25) is 0 Å². The highest BCUT2D eigenvalue weighted by molar-refractivity contribution is 5.34. The van der Waals surface area contributed by atoms with Crippen LogP contribution in [0, 0.1) is 0 Å². The summed E-state index contributed by atoms with van der Waals surface area (Å²) in [7, 11) is 0. The van der Waals surface area contributed by atoms with Crippen LogP contribution in [0.5, 0.6) is 5.75 Å². The van der Waals surface area contributed by atoms with E-state index in [1.54, 1.807) is 31.2 Å². The van der Waals surface area contributed by atoms with Gasteiger partial charge in [0.2, 0.25) is 0 Å². The molecule has 1 atom stereocenters. The number of ether oxygens (including phenoxy) is 1. The molecule has 0 spiro atoms. The van der Waals surface area contributed by atoms with Gasteiger partial charge in [0.05, 0.1) is 6.61 Å². The molecule has 0 aliphatic rings. The van der Waals surface area contributed by atoms with E-state index in [0.29, 0.717) is 17.9 Å². The number of alkyl halides is 3. The van der Waals surface area contributed by atoms with Crippen LogP contribution in [0.4, 0.5) is 13.2 Å². The molecule has 1 unspecified atom stereocenters. The molecule has 1 aromatic carbocycles. The van der Waals surface area contributed by atoms with Gasteiger partial charge in [-0.3, -0.25) is 0 Å². The molecule has 0 aromatic heterocycles. The fourth-order valence-electron chi connectivity index (χ4n) is 1.32. The molecule has 90 valence electrons. The molecule has 5 heteroatoms. The van der Waals surface area contributed by atoms with Crippen molar-refractivity contribution in [3.63, 3.8) is 0 Å². The van der Waals surface area contributed by atoms with Crippen molar-refractivity contribution >= 4 is 0 Å². The first kappa shape index (κ1) is 12.8. The largest absolute Gasteiger partial charge is 0.494 e. The second kappa shape index (κ2) is 5.21. The normalized spacial score (nSPS) is 13.6. The summed E-state index contributed by atoms with van der Waals surface area (Å²) in [5.74, 6) is 0.463. The van der Waals surface area contributed by atoms with Crippen LogP contribution in [-0.4, -0.2) is 18.8 Å². The summed E-state index contributed by atoms with van der Waals surface area (Å²) in [5.41, 5.74) is 5.55. The van der Waals surface area contributed by atoms with Gasteiger partial charge in [-0.05, 0) is 25.0 Å². The van der Waals surface area contributed by atoms with Crippen LogP contribution >= 0.6 is 0 Å². The number of hydrogen-bond acceptors (Lipinski definition) is 2. The Kier molecular flexibility index (Phi) is 4.18. The molecule has 2 N–H and O–H groups in total. The average Bonchev–Trinajstić information content (AvgIpc) is 2.20. The minimum absolute atomic E-state index is 0.264. The summed E-state index contributed by atoms with van der Waals surface area (Å²) in [6.07, 6.45) is -4.64. The van der Waals surface area contributed by atoms with Gasteiger partial charge in [0.1, 0.15) is 11.8 Å². The van der Waals surface area contributed by atoms with E-state index < -0.39 is 12.2 Å². The third-order valence-corrected chi connectivity index (χ3v) is 2.13. The Balaban J connectivity index is 2.80. The maximum absolute atomic E-state index is 12.3. The molecular formula is C11H14F3NO. The van der Waals surface area contributed by atoms with Gasteiger partial charge in [-0.25, -0.2) is 0 Å². The minimum atomic E-state index is -4.38. The van der Waals surface area contributed by atoms with Crippen molar-refractivity contribution < 1.29 is 17.9 Å². The molecule has 0 aliphatic heterocycles. The first-order chi connectivity index (χ1) is 7.45. The molecule has 0 amide bonds. The molecule has 0 bridgehead atoms. The predicted octanol–water partition coefficient (Wildman–Crippen LogP) is 2.52.